The Morgan fingerprint density at radius 1 is 0.553 bits per heavy atom. The summed E-state index contributed by atoms with van der Waals surface area (Å²) in [5.41, 5.74) is 0.425. The number of hydrogen-bond donors (Lipinski definition) is 4. The Morgan fingerprint density at radius 3 is 1.26 bits per heavy atom. The molecule has 4 aromatic carbocycles. The number of aromatic carboxylic acids is 4. The van der Waals surface area contributed by atoms with Gasteiger partial charge in [0, 0.05) is 5.41 Å². The van der Waals surface area contributed by atoms with Crippen LogP contribution in [0.5, 0.6) is 23.0 Å². The van der Waals surface area contributed by atoms with Crippen LogP contribution in [0.4, 0.5) is 0 Å². The average Bonchev–Trinajstić information content (AvgIpc) is 3.00. The molecule has 0 amide bonds. The molecule has 10 heteroatoms. The number of benzene rings is 4. The van der Waals surface area contributed by atoms with Gasteiger partial charge in [-0.3, -0.25) is 0 Å². The molecule has 0 aliphatic heterocycles. The quantitative estimate of drug-likeness (QED) is 0.133. The predicted molar refractivity (Wildman–Crippen MR) is 171 cm³/mol. The van der Waals surface area contributed by atoms with Crippen LogP contribution in [0.25, 0.3) is 0 Å². The van der Waals surface area contributed by atoms with E-state index in [1.165, 1.54) is 36.4 Å². The van der Waals surface area contributed by atoms with Crippen LogP contribution < -0.4 is 9.47 Å². The monoisotopic (exact) mass is 638 g/mol. The van der Waals surface area contributed by atoms with Crippen LogP contribution in [0.15, 0.2) is 84.9 Å². The normalized spacial score (nSPS) is 16.5. The zero-order valence-corrected chi connectivity index (χ0v) is 26.0. The zero-order chi connectivity index (χ0) is 34.1. The molecule has 1 aliphatic rings. The summed E-state index contributed by atoms with van der Waals surface area (Å²) in [4.78, 5) is 46.1. The lowest BCUT2D eigenvalue weighted by atomic mass is 9.55. The van der Waals surface area contributed by atoms with Crippen LogP contribution in [-0.2, 0) is 5.41 Å². The van der Waals surface area contributed by atoms with E-state index in [4.69, 9.17) is 9.47 Å². The first-order chi connectivity index (χ1) is 22.2. The van der Waals surface area contributed by atoms with Crippen LogP contribution in [0.2, 0.25) is 0 Å². The third-order valence-corrected chi connectivity index (χ3v) is 8.57. The summed E-state index contributed by atoms with van der Waals surface area (Å²) in [6, 6.07) is 22.9. The second kappa shape index (κ2) is 12.6. The van der Waals surface area contributed by atoms with Crippen molar-refractivity contribution in [2.75, 3.05) is 0 Å². The smallest absolute Gasteiger partial charge is 0.336 e. The van der Waals surface area contributed by atoms with Crippen molar-refractivity contribution in [1.29, 1.82) is 0 Å². The second-order valence-electron chi connectivity index (χ2n) is 12.8. The maximum atomic E-state index is 11.6. The molecular formula is C37H34O10. The van der Waals surface area contributed by atoms with Crippen molar-refractivity contribution < 1.29 is 49.1 Å². The zero-order valence-electron chi connectivity index (χ0n) is 26.0. The van der Waals surface area contributed by atoms with Crippen LogP contribution >= 0.6 is 0 Å². The van der Waals surface area contributed by atoms with Crippen LogP contribution in [-0.4, -0.2) is 44.3 Å². The van der Waals surface area contributed by atoms with Crippen molar-refractivity contribution in [3.05, 3.63) is 118 Å². The SMILES string of the molecule is CC1CC(C)(C)CC(c2ccc(Oc3ccc(C(=O)O)c(C(=O)O)c3)cc2)(c2ccc(Oc3ccc(C(=O)O)c(C(=O)O)c3)cc2)C1. The standard InChI is InChI=1S/C37H34O10/c1-21-18-36(2,3)20-37(19-21,22-4-8-24(9-5-22)46-26-12-14-28(32(38)39)30(16-26)34(42)43)23-6-10-25(11-7-23)47-27-13-15-29(33(40)41)31(17-27)35(44)45/h4-17,21H,18-20H2,1-3H3,(H,38,39)(H,40,41)(H,42,43)(H,44,45). The highest BCUT2D eigenvalue weighted by molar-refractivity contribution is 6.02. The molecular weight excluding hydrogens is 604 g/mol. The topological polar surface area (TPSA) is 168 Å². The fraction of sp³-hybridized carbons (Fsp3) is 0.243. The predicted octanol–water partition coefficient (Wildman–Crippen LogP) is 8.20. The molecule has 0 spiro atoms. The van der Waals surface area contributed by atoms with Gasteiger partial charge >= 0.3 is 23.9 Å². The Hall–Kier alpha value is -5.64. The molecule has 4 N–H and O–H groups in total. The van der Waals surface area contributed by atoms with E-state index in [1.54, 1.807) is 0 Å². The largest absolute Gasteiger partial charge is 0.478 e. The molecule has 1 fully saturated rings. The molecule has 5 rings (SSSR count). The Balaban J connectivity index is 1.45. The average molecular weight is 639 g/mol. The molecule has 10 nitrogen and oxygen atoms in total. The van der Waals surface area contributed by atoms with E-state index in [0.717, 1.165) is 30.4 Å². The van der Waals surface area contributed by atoms with Gasteiger partial charge < -0.3 is 29.9 Å². The van der Waals surface area contributed by atoms with Gasteiger partial charge in [-0.1, -0.05) is 45.0 Å². The Kier molecular flexibility index (Phi) is 8.80. The van der Waals surface area contributed by atoms with Gasteiger partial charge in [0.05, 0.1) is 22.3 Å². The molecule has 1 aliphatic carbocycles. The van der Waals surface area contributed by atoms with Crippen molar-refractivity contribution in [2.24, 2.45) is 11.3 Å². The van der Waals surface area contributed by atoms with Gasteiger partial charge in [-0.15, -0.1) is 0 Å². The van der Waals surface area contributed by atoms with Gasteiger partial charge in [0.25, 0.3) is 0 Å². The summed E-state index contributed by atoms with van der Waals surface area (Å²) in [6.45, 7) is 6.76. The molecule has 242 valence electrons. The second-order valence-corrected chi connectivity index (χ2v) is 12.8. The van der Waals surface area contributed by atoms with Crippen molar-refractivity contribution >= 4 is 23.9 Å². The van der Waals surface area contributed by atoms with Crippen LogP contribution in [0, 0.1) is 11.3 Å². The summed E-state index contributed by atoms with van der Waals surface area (Å²) in [7, 11) is 0. The molecule has 1 unspecified atom stereocenters. The fourth-order valence-electron chi connectivity index (χ4n) is 7.03. The maximum Gasteiger partial charge on any atom is 0.336 e. The lowest BCUT2D eigenvalue weighted by molar-refractivity contribution is 0.0651. The third-order valence-electron chi connectivity index (χ3n) is 8.57. The first-order valence-electron chi connectivity index (χ1n) is 15.0. The Morgan fingerprint density at radius 2 is 0.915 bits per heavy atom. The summed E-state index contributed by atoms with van der Waals surface area (Å²) in [6.07, 6.45) is 2.81. The Bertz CT molecular complexity index is 1730. The molecule has 47 heavy (non-hydrogen) atoms. The minimum absolute atomic E-state index is 0.0280. The van der Waals surface area contributed by atoms with Gasteiger partial charge in [-0.2, -0.15) is 0 Å². The van der Waals surface area contributed by atoms with E-state index in [2.05, 4.69) is 20.8 Å². The van der Waals surface area contributed by atoms with E-state index < -0.39 is 23.9 Å². The lowest BCUT2D eigenvalue weighted by Crippen LogP contribution is -2.41. The number of ether oxygens (including phenoxy) is 2. The lowest BCUT2D eigenvalue weighted by Gasteiger charge is -2.48. The minimum atomic E-state index is -1.36. The molecule has 0 heterocycles. The molecule has 0 bridgehead atoms. The van der Waals surface area contributed by atoms with E-state index in [1.807, 2.05) is 48.5 Å². The molecule has 0 radical (unpaired) electrons. The number of carboxylic acid groups (broad SMARTS) is 4. The highest BCUT2D eigenvalue weighted by Crippen LogP contribution is 2.54. The van der Waals surface area contributed by atoms with Gasteiger partial charge in [-0.25, -0.2) is 19.2 Å². The third kappa shape index (κ3) is 6.96. The highest BCUT2D eigenvalue weighted by Gasteiger charge is 2.45. The first-order valence-corrected chi connectivity index (χ1v) is 15.0. The molecule has 0 aromatic heterocycles. The van der Waals surface area contributed by atoms with Gasteiger partial charge in [-0.05, 0) is 102 Å². The first kappa shape index (κ1) is 32.7. The number of hydrogen-bond acceptors (Lipinski definition) is 6. The van der Waals surface area contributed by atoms with E-state index >= 15 is 0 Å². The Labute approximate surface area is 270 Å². The van der Waals surface area contributed by atoms with Crippen molar-refractivity contribution in [3.63, 3.8) is 0 Å². The molecule has 1 saturated carbocycles. The number of carboxylic acids is 4. The van der Waals surface area contributed by atoms with E-state index in [9.17, 15) is 39.6 Å². The van der Waals surface area contributed by atoms with Crippen LogP contribution in [0.3, 0.4) is 0 Å². The van der Waals surface area contributed by atoms with E-state index in [0.29, 0.717) is 17.4 Å². The highest BCUT2D eigenvalue weighted by atomic mass is 16.5. The minimum Gasteiger partial charge on any atom is -0.478 e. The fourth-order valence-corrected chi connectivity index (χ4v) is 7.03. The van der Waals surface area contributed by atoms with Crippen LogP contribution in [0.1, 0.15) is 92.6 Å². The number of carbonyl (C=O) groups is 4. The van der Waals surface area contributed by atoms with Gasteiger partial charge in [0.2, 0.25) is 0 Å². The summed E-state index contributed by atoms with van der Waals surface area (Å²) >= 11 is 0. The molecule has 0 saturated heterocycles. The van der Waals surface area contributed by atoms with Crippen molar-refractivity contribution in [3.8, 4) is 23.0 Å². The summed E-state index contributed by atoms with van der Waals surface area (Å²) in [5, 5.41) is 37.6. The summed E-state index contributed by atoms with van der Waals surface area (Å²) in [5.74, 6) is -3.67. The molecule has 4 aromatic rings. The maximum absolute atomic E-state index is 11.6. The van der Waals surface area contributed by atoms with Crippen molar-refractivity contribution in [1.82, 2.24) is 0 Å². The van der Waals surface area contributed by atoms with Gasteiger partial charge in [0.15, 0.2) is 0 Å². The van der Waals surface area contributed by atoms with Gasteiger partial charge in [0.1, 0.15) is 23.0 Å². The van der Waals surface area contributed by atoms with E-state index in [-0.39, 0.29) is 44.6 Å². The van der Waals surface area contributed by atoms with Crippen molar-refractivity contribution in [2.45, 2.75) is 45.4 Å². The molecule has 1 atom stereocenters. The number of rotatable bonds is 10. The summed E-state index contributed by atoms with van der Waals surface area (Å²) < 4.78 is 11.8.